The Morgan fingerprint density at radius 2 is 1.96 bits per heavy atom. The van der Waals surface area contributed by atoms with Crippen LogP contribution in [0.15, 0.2) is 18.2 Å². The summed E-state index contributed by atoms with van der Waals surface area (Å²) in [5.74, 6) is -0.320. The Kier molecular flexibility index (Phi) is 3.69. The van der Waals surface area contributed by atoms with Gasteiger partial charge in [0.1, 0.15) is 16.7 Å². The first kappa shape index (κ1) is 15.0. The molecule has 7 heteroatoms. The zero-order valence-electron chi connectivity index (χ0n) is 13.2. The van der Waals surface area contributed by atoms with E-state index in [-0.39, 0.29) is 11.7 Å². The number of ketones is 1. The predicted octanol–water partition coefficient (Wildman–Crippen LogP) is 2.61. The highest BCUT2D eigenvalue weighted by molar-refractivity contribution is 6.08. The summed E-state index contributed by atoms with van der Waals surface area (Å²) >= 11 is 0. The van der Waals surface area contributed by atoms with E-state index >= 15 is 0 Å². The van der Waals surface area contributed by atoms with Crippen LogP contribution in [-0.4, -0.2) is 32.1 Å². The van der Waals surface area contributed by atoms with E-state index in [1.165, 1.54) is 6.92 Å². The number of anilines is 1. The molecule has 3 rings (SSSR count). The van der Waals surface area contributed by atoms with Crippen LogP contribution in [0.25, 0.3) is 11.0 Å². The Hall–Kier alpha value is -2.96. The van der Waals surface area contributed by atoms with Crippen molar-refractivity contribution in [1.82, 2.24) is 20.4 Å². The number of hydrogen-bond donors (Lipinski definition) is 3. The molecular weight excluding hydrogens is 294 g/mol. The van der Waals surface area contributed by atoms with Crippen molar-refractivity contribution in [2.24, 2.45) is 0 Å². The number of rotatable bonds is 4. The van der Waals surface area contributed by atoms with Gasteiger partial charge >= 0.3 is 0 Å². The van der Waals surface area contributed by atoms with Crippen molar-refractivity contribution in [2.45, 2.75) is 27.2 Å². The Labute approximate surface area is 132 Å². The Morgan fingerprint density at radius 1 is 1.22 bits per heavy atom. The fourth-order valence-corrected chi connectivity index (χ4v) is 2.81. The molecule has 1 amide bonds. The minimum absolute atomic E-state index is 0.0429. The number of aromatic nitrogens is 4. The van der Waals surface area contributed by atoms with Crippen molar-refractivity contribution >= 4 is 28.4 Å². The topological polar surface area (TPSA) is 104 Å². The molecule has 0 saturated heterocycles. The zero-order valence-corrected chi connectivity index (χ0v) is 13.2. The Balaban J connectivity index is 1.94. The molecule has 0 aliphatic carbocycles. The highest BCUT2D eigenvalue weighted by Gasteiger charge is 2.21. The van der Waals surface area contributed by atoms with Gasteiger partial charge in [-0.1, -0.05) is 6.92 Å². The molecule has 0 spiro atoms. The summed E-state index contributed by atoms with van der Waals surface area (Å²) in [4.78, 5) is 27.4. The molecule has 2 heterocycles. The first-order valence-corrected chi connectivity index (χ1v) is 7.35. The smallest absolute Gasteiger partial charge is 0.272 e. The van der Waals surface area contributed by atoms with Crippen molar-refractivity contribution in [1.29, 1.82) is 0 Å². The lowest BCUT2D eigenvalue weighted by molar-refractivity contribution is 0.101. The molecule has 2 aromatic heterocycles. The third-order valence-corrected chi connectivity index (χ3v) is 3.80. The number of hydrogen-bond acceptors (Lipinski definition) is 4. The van der Waals surface area contributed by atoms with Gasteiger partial charge in [-0.05, 0) is 44.0 Å². The van der Waals surface area contributed by atoms with E-state index in [4.69, 9.17) is 0 Å². The van der Waals surface area contributed by atoms with E-state index < -0.39 is 0 Å². The van der Waals surface area contributed by atoms with Crippen LogP contribution in [0.3, 0.4) is 0 Å². The van der Waals surface area contributed by atoms with Gasteiger partial charge in [-0.2, -0.15) is 15.4 Å². The number of aryl methyl sites for hydroxylation is 1. The van der Waals surface area contributed by atoms with Crippen molar-refractivity contribution in [3.63, 3.8) is 0 Å². The van der Waals surface area contributed by atoms with Crippen molar-refractivity contribution < 1.29 is 9.59 Å². The number of nitrogens with zero attached hydrogens (tertiary/aromatic N) is 2. The van der Waals surface area contributed by atoms with Crippen LogP contribution in [-0.2, 0) is 6.42 Å². The van der Waals surface area contributed by atoms with Gasteiger partial charge in [-0.25, -0.2) is 0 Å². The molecule has 0 fully saturated rings. The minimum Gasteiger partial charge on any atom is -0.354 e. The standard InChI is InChI=1S/C16H17N5O2/c1-4-11-14(9(3)22)8(2)17-15(11)16(23)18-10-5-6-12-13(7-10)20-21-19-12/h5-7,17H,4H2,1-3H3,(H,18,23)(H,19,20,21). The molecule has 0 unspecified atom stereocenters. The lowest BCUT2D eigenvalue weighted by atomic mass is 10.0. The number of nitrogens with one attached hydrogen (secondary N) is 3. The maximum Gasteiger partial charge on any atom is 0.272 e. The van der Waals surface area contributed by atoms with Crippen LogP contribution in [0.4, 0.5) is 5.69 Å². The Morgan fingerprint density at radius 3 is 2.65 bits per heavy atom. The fourth-order valence-electron chi connectivity index (χ4n) is 2.81. The maximum atomic E-state index is 12.6. The van der Waals surface area contributed by atoms with Crippen LogP contribution < -0.4 is 5.32 Å². The van der Waals surface area contributed by atoms with E-state index in [0.29, 0.717) is 34.6 Å². The van der Waals surface area contributed by atoms with Crippen molar-refractivity contribution in [3.05, 3.63) is 40.7 Å². The van der Waals surface area contributed by atoms with Gasteiger partial charge in [-0.3, -0.25) is 9.59 Å². The average molecular weight is 311 g/mol. The number of benzene rings is 1. The number of H-pyrrole nitrogens is 2. The summed E-state index contributed by atoms with van der Waals surface area (Å²) < 4.78 is 0. The molecule has 1 aromatic carbocycles. The van der Waals surface area contributed by atoms with E-state index in [1.54, 1.807) is 25.1 Å². The second-order valence-electron chi connectivity index (χ2n) is 5.37. The molecule has 0 radical (unpaired) electrons. The Bertz CT molecular complexity index is 906. The maximum absolute atomic E-state index is 12.6. The molecular formula is C16H17N5O2. The number of fused-ring (bicyclic) bond motifs is 1. The summed E-state index contributed by atoms with van der Waals surface area (Å²) in [5, 5.41) is 13.3. The first-order chi connectivity index (χ1) is 11.0. The third-order valence-electron chi connectivity index (χ3n) is 3.80. The molecule has 0 saturated carbocycles. The largest absolute Gasteiger partial charge is 0.354 e. The number of Topliss-reactive ketones (excluding diaryl/α,β-unsaturated/α-hetero) is 1. The second kappa shape index (κ2) is 5.68. The van der Waals surface area contributed by atoms with E-state index in [0.717, 1.165) is 11.1 Å². The molecule has 0 aliphatic heterocycles. The van der Waals surface area contributed by atoms with Gasteiger partial charge in [-0.15, -0.1) is 0 Å². The normalized spacial score (nSPS) is 10.9. The number of amides is 1. The summed E-state index contributed by atoms with van der Waals surface area (Å²) in [6.07, 6.45) is 0.602. The summed E-state index contributed by atoms with van der Waals surface area (Å²) in [5.41, 5.74) is 4.51. The second-order valence-corrected chi connectivity index (χ2v) is 5.37. The molecule has 3 N–H and O–H groups in total. The van der Waals surface area contributed by atoms with Crippen LogP contribution in [0.2, 0.25) is 0 Å². The zero-order chi connectivity index (χ0) is 16.6. The first-order valence-electron chi connectivity index (χ1n) is 7.35. The monoisotopic (exact) mass is 311 g/mol. The van der Waals surface area contributed by atoms with Crippen LogP contribution >= 0.6 is 0 Å². The van der Waals surface area contributed by atoms with Gasteiger partial charge in [0.05, 0.1) is 0 Å². The SMILES string of the molecule is CCc1c(C(=O)Nc2ccc3n[nH]nc3c2)[nH]c(C)c1C(C)=O. The van der Waals surface area contributed by atoms with Gasteiger partial charge in [0.15, 0.2) is 5.78 Å². The number of carbonyl (C=O) groups excluding carboxylic acids is 2. The fraction of sp³-hybridized carbons (Fsp3) is 0.250. The lowest BCUT2D eigenvalue weighted by Gasteiger charge is -2.06. The summed E-state index contributed by atoms with van der Waals surface area (Å²) in [7, 11) is 0. The quantitative estimate of drug-likeness (QED) is 0.644. The van der Waals surface area contributed by atoms with Gasteiger partial charge in [0.25, 0.3) is 5.91 Å². The van der Waals surface area contributed by atoms with Gasteiger partial charge in [0.2, 0.25) is 0 Å². The molecule has 23 heavy (non-hydrogen) atoms. The van der Waals surface area contributed by atoms with Gasteiger partial charge in [0, 0.05) is 16.9 Å². The van der Waals surface area contributed by atoms with E-state index in [2.05, 4.69) is 25.7 Å². The molecule has 3 aromatic rings. The molecule has 7 nitrogen and oxygen atoms in total. The number of carbonyl (C=O) groups is 2. The lowest BCUT2D eigenvalue weighted by Crippen LogP contribution is -2.14. The van der Waals surface area contributed by atoms with Crippen molar-refractivity contribution in [3.8, 4) is 0 Å². The molecule has 118 valence electrons. The van der Waals surface area contributed by atoms with Crippen LogP contribution in [0, 0.1) is 6.92 Å². The molecule has 0 bridgehead atoms. The highest BCUT2D eigenvalue weighted by atomic mass is 16.2. The van der Waals surface area contributed by atoms with Gasteiger partial charge < -0.3 is 10.3 Å². The van der Waals surface area contributed by atoms with E-state index in [9.17, 15) is 9.59 Å². The van der Waals surface area contributed by atoms with Crippen LogP contribution in [0.1, 0.15) is 46.0 Å². The predicted molar refractivity (Wildman–Crippen MR) is 86.8 cm³/mol. The van der Waals surface area contributed by atoms with E-state index in [1.807, 2.05) is 6.92 Å². The van der Waals surface area contributed by atoms with Crippen LogP contribution in [0.5, 0.6) is 0 Å². The third kappa shape index (κ3) is 2.61. The molecule has 0 aliphatic rings. The van der Waals surface area contributed by atoms with Crippen molar-refractivity contribution in [2.75, 3.05) is 5.32 Å². The summed E-state index contributed by atoms with van der Waals surface area (Å²) in [6, 6.07) is 5.27. The highest BCUT2D eigenvalue weighted by Crippen LogP contribution is 2.22. The average Bonchev–Trinajstić information content (AvgIpc) is 3.10. The minimum atomic E-state index is -0.278. The molecule has 0 atom stereocenters. The number of aromatic amines is 2. The summed E-state index contributed by atoms with van der Waals surface area (Å²) in [6.45, 7) is 5.23.